The van der Waals surface area contributed by atoms with Gasteiger partial charge < -0.3 is 20.5 Å². The van der Waals surface area contributed by atoms with Crippen LogP contribution in [0.25, 0.3) is 0 Å². The molecule has 1 atom stereocenters. The normalized spacial score (nSPS) is 12.2. The predicted octanol–water partition coefficient (Wildman–Crippen LogP) is 2.53. The van der Waals surface area contributed by atoms with E-state index in [0.717, 1.165) is 16.9 Å². The van der Waals surface area contributed by atoms with Crippen LogP contribution in [0.3, 0.4) is 0 Å². The first-order chi connectivity index (χ1) is 9.60. The van der Waals surface area contributed by atoms with E-state index in [1.807, 2.05) is 25.1 Å². The summed E-state index contributed by atoms with van der Waals surface area (Å²) in [6, 6.07) is 5.51. The highest BCUT2D eigenvalue weighted by atomic mass is 35.5. The fourth-order valence-corrected chi connectivity index (χ4v) is 2.19. The molecule has 0 aliphatic carbocycles. The van der Waals surface area contributed by atoms with E-state index >= 15 is 0 Å². The van der Waals surface area contributed by atoms with Gasteiger partial charge in [0.05, 0.1) is 20.3 Å². The van der Waals surface area contributed by atoms with Crippen LogP contribution in [-0.2, 0) is 4.74 Å². The third-order valence-electron chi connectivity index (χ3n) is 2.80. The summed E-state index contributed by atoms with van der Waals surface area (Å²) in [6.07, 6.45) is 0. The Labute approximate surface area is 125 Å². The minimum Gasteiger partial charge on any atom is -0.496 e. The van der Waals surface area contributed by atoms with Crippen LogP contribution in [0, 0.1) is 0 Å². The molecule has 0 fully saturated rings. The Balaban J connectivity index is 2.60. The van der Waals surface area contributed by atoms with Crippen LogP contribution in [0.4, 0.5) is 0 Å². The molecule has 1 aromatic carbocycles. The summed E-state index contributed by atoms with van der Waals surface area (Å²) in [6.45, 7) is 8.00. The average molecular weight is 299 g/mol. The molecule has 0 radical (unpaired) electrons. The molecule has 0 amide bonds. The second-order valence-corrected chi connectivity index (χ2v) is 5.02. The summed E-state index contributed by atoms with van der Waals surface area (Å²) in [4.78, 5) is 0. The predicted molar refractivity (Wildman–Crippen MR) is 83.4 cm³/mol. The van der Waals surface area contributed by atoms with E-state index in [1.165, 1.54) is 0 Å². The van der Waals surface area contributed by atoms with Crippen molar-refractivity contribution < 1.29 is 9.47 Å². The van der Waals surface area contributed by atoms with Crippen LogP contribution in [0.1, 0.15) is 18.5 Å². The standard InChI is InChI=1S/C15H23ClN2O2/c1-11(2)10-20-8-7-18-13(9-17)15-12(16)5-4-6-14(15)19-3/h4-6,13,18H,1,7-10,17H2,2-3H3. The van der Waals surface area contributed by atoms with Gasteiger partial charge in [0, 0.05) is 29.7 Å². The van der Waals surface area contributed by atoms with Crippen molar-refractivity contribution in [1.82, 2.24) is 5.32 Å². The van der Waals surface area contributed by atoms with Crippen LogP contribution in [0.15, 0.2) is 30.4 Å². The molecule has 0 heterocycles. The summed E-state index contributed by atoms with van der Waals surface area (Å²) in [5.41, 5.74) is 7.72. The monoisotopic (exact) mass is 298 g/mol. The second-order valence-electron chi connectivity index (χ2n) is 4.61. The number of halogens is 1. The lowest BCUT2D eigenvalue weighted by molar-refractivity contribution is 0.155. The number of hydrogen-bond acceptors (Lipinski definition) is 4. The molecule has 4 nitrogen and oxygen atoms in total. The van der Waals surface area contributed by atoms with Crippen LogP contribution in [-0.4, -0.2) is 33.4 Å². The van der Waals surface area contributed by atoms with E-state index in [-0.39, 0.29) is 6.04 Å². The van der Waals surface area contributed by atoms with Crippen molar-refractivity contribution in [3.63, 3.8) is 0 Å². The fourth-order valence-electron chi connectivity index (χ4n) is 1.89. The number of methoxy groups -OCH3 is 1. The summed E-state index contributed by atoms with van der Waals surface area (Å²) < 4.78 is 10.8. The van der Waals surface area contributed by atoms with Crippen LogP contribution >= 0.6 is 11.6 Å². The maximum atomic E-state index is 6.24. The van der Waals surface area contributed by atoms with E-state index in [2.05, 4.69) is 11.9 Å². The van der Waals surface area contributed by atoms with Crippen molar-refractivity contribution in [2.24, 2.45) is 5.73 Å². The Bertz CT molecular complexity index is 438. The van der Waals surface area contributed by atoms with Crippen LogP contribution < -0.4 is 15.8 Å². The fraction of sp³-hybridized carbons (Fsp3) is 0.467. The highest BCUT2D eigenvalue weighted by Gasteiger charge is 2.17. The third-order valence-corrected chi connectivity index (χ3v) is 3.13. The lowest BCUT2D eigenvalue weighted by Gasteiger charge is -2.21. The second kappa shape index (κ2) is 8.97. The Kier molecular flexibility index (Phi) is 7.62. The van der Waals surface area contributed by atoms with Gasteiger partial charge in [0.2, 0.25) is 0 Å². The molecular weight excluding hydrogens is 276 g/mol. The lowest BCUT2D eigenvalue weighted by Crippen LogP contribution is -2.31. The summed E-state index contributed by atoms with van der Waals surface area (Å²) >= 11 is 6.24. The Hall–Kier alpha value is -1.07. The van der Waals surface area contributed by atoms with Crippen molar-refractivity contribution in [2.45, 2.75) is 13.0 Å². The summed E-state index contributed by atoms with van der Waals surface area (Å²) in [7, 11) is 1.62. The molecule has 3 N–H and O–H groups in total. The number of nitrogens with two attached hydrogens (primary N) is 1. The van der Waals surface area contributed by atoms with Gasteiger partial charge in [-0.15, -0.1) is 0 Å². The van der Waals surface area contributed by atoms with Crippen molar-refractivity contribution in [2.75, 3.05) is 33.4 Å². The van der Waals surface area contributed by atoms with Crippen LogP contribution in [0.2, 0.25) is 5.02 Å². The average Bonchev–Trinajstić information content (AvgIpc) is 2.43. The highest BCUT2D eigenvalue weighted by Crippen LogP contribution is 2.31. The molecular formula is C15H23ClN2O2. The molecule has 0 aromatic heterocycles. The van der Waals surface area contributed by atoms with E-state index in [4.69, 9.17) is 26.8 Å². The zero-order valence-corrected chi connectivity index (χ0v) is 12.9. The van der Waals surface area contributed by atoms with E-state index in [9.17, 15) is 0 Å². The first kappa shape index (κ1) is 17.0. The highest BCUT2D eigenvalue weighted by molar-refractivity contribution is 6.31. The minimum atomic E-state index is -0.0629. The number of rotatable bonds is 9. The molecule has 0 saturated carbocycles. The van der Waals surface area contributed by atoms with Gasteiger partial charge in [0.1, 0.15) is 5.75 Å². The number of hydrogen-bond donors (Lipinski definition) is 2. The number of nitrogens with one attached hydrogen (secondary N) is 1. The maximum absolute atomic E-state index is 6.24. The van der Waals surface area contributed by atoms with Gasteiger partial charge in [0.25, 0.3) is 0 Å². The van der Waals surface area contributed by atoms with Crippen molar-refractivity contribution in [3.05, 3.63) is 40.9 Å². The van der Waals surface area contributed by atoms with Gasteiger partial charge in [-0.05, 0) is 19.1 Å². The topological polar surface area (TPSA) is 56.5 Å². The summed E-state index contributed by atoms with van der Waals surface area (Å²) in [5.74, 6) is 0.739. The molecule has 1 unspecified atom stereocenters. The zero-order chi connectivity index (χ0) is 15.0. The molecule has 112 valence electrons. The van der Waals surface area contributed by atoms with E-state index < -0.39 is 0 Å². The molecule has 0 spiro atoms. The molecule has 5 heteroatoms. The minimum absolute atomic E-state index is 0.0629. The molecule has 0 bridgehead atoms. The largest absolute Gasteiger partial charge is 0.496 e. The van der Waals surface area contributed by atoms with E-state index in [0.29, 0.717) is 31.3 Å². The van der Waals surface area contributed by atoms with Gasteiger partial charge >= 0.3 is 0 Å². The van der Waals surface area contributed by atoms with Crippen molar-refractivity contribution in [3.8, 4) is 5.75 Å². The molecule has 1 rings (SSSR count). The summed E-state index contributed by atoms with van der Waals surface area (Å²) in [5, 5.41) is 3.98. The van der Waals surface area contributed by atoms with Gasteiger partial charge in [0.15, 0.2) is 0 Å². The van der Waals surface area contributed by atoms with Crippen LogP contribution in [0.5, 0.6) is 5.75 Å². The Morgan fingerprint density at radius 1 is 1.50 bits per heavy atom. The smallest absolute Gasteiger partial charge is 0.125 e. The van der Waals surface area contributed by atoms with Gasteiger partial charge in [-0.1, -0.05) is 29.8 Å². The number of ether oxygens (including phenoxy) is 2. The van der Waals surface area contributed by atoms with Crippen molar-refractivity contribution >= 4 is 11.6 Å². The lowest BCUT2D eigenvalue weighted by atomic mass is 10.1. The number of benzene rings is 1. The third kappa shape index (κ3) is 5.13. The SMILES string of the molecule is C=C(C)COCCNC(CN)c1c(Cl)cccc1OC. The molecule has 20 heavy (non-hydrogen) atoms. The first-order valence-corrected chi connectivity index (χ1v) is 6.96. The van der Waals surface area contributed by atoms with Gasteiger partial charge in [-0.2, -0.15) is 0 Å². The molecule has 1 aromatic rings. The molecule has 0 aliphatic rings. The van der Waals surface area contributed by atoms with Gasteiger partial charge in [-0.25, -0.2) is 0 Å². The zero-order valence-electron chi connectivity index (χ0n) is 12.1. The Morgan fingerprint density at radius 3 is 2.85 bits per heavy atom. The molecule has 0 aliphatic heterocycles. The molecule has 0 saturated heterocycles. The van der Waals surface area contributed by atoms with Gasteiger partial charge in [-0.3, -0.25) is 0 Å². The quantitative estimate of drug-likeness (QED) is 0.543. The van der Waals surface area contributed by atoms with Crippen molar-refractivity contribution in [1.29, 1.82) is 0 Å². The first-order valence-electron chi connectivity index (χ1n) is 6.58. The maximum Gasteiger partial charge on any atom is 0.125 e. The Morgan fingerprint density at radius 2 is 2.25 bits per heavy atom. The van der Waals surface area contributed by atoms with E-state index in [1.54, 1.807) is 7.11 Å².